The van der Waals surface area contributed by atoms with Gasteiger partial charge in [0.2, 0.25) is 0 Å². The molecule has 1 amide bonds. The molecule has 0 aromatic heterocycles. The molecule has 0 aliphatic carbocycles. The van der Waals surface area contributed by atoms with Gasteiger partial charge >= 0.3 is 5.97 Å². The van der Waals surface area contributed by atoms with Gasteiger partial charge < -0.3 is 15.7 Å². The molecular formula is C13H16N2O3. The molecule has 5 heteroatoms. The first-order chi connectivity index (χ1) is 8.50. The van der Waals surface area contributed by atoms with E-state index in [1.165, 1.54) is 4.90 Å². The quantitative estimate of drug-likeness (QED) is 0.774. The van der Waals surface area contributed by atoms with Crippen LogP contribution in [0.3, 0.4) is 0 Å². The molecule has 1 fully saturated rings. The molecule has 1 aliphatic heterocycles. The summed E-state index contributed by atoms with van der Waals surface area (Å²) in [6.45, 7) is 1.87. The van der Waals surface area contributed by atoms with E-state index in [2.05, 4.69) is 0 Å². The van der Waals surface area contributed by atoms with Crippen molar-refractivity contribution >= 4 is 17.6 Å². The van der Waals surface area contributed by atoms with E-state index in [-0.39, 0.29) is 11.9 Å². The van der Waals surface area contributed by atoms with Gasteiger partial charge in [0.05, 0.1) is 0 Å². The summed E-state index contributed by atoms with van der Waals surface area (Å²) < 4.78 is 0. The summed E-state index contributed by atoms with van der Waals surface area (Å²) in [5, 5.41) is 9.13. The summed E-state index contributed by atoms with van der Waals surface area (Å²) in [5.74, 6) is -1.18. The Balaban J connectivity index is 2.26. The first kappa shape index (κ1) is 12.4. The van der Waals surface area contributed by atoms with E-state index in [1.54, 1.807) is 24.3 Å². The summed E-state index contributed by atoms with van der Waals surface area (Å²) in [5.41, 5.74) is 6.62. The number of carbonyl (C=O) groups is 2. The van der Waals surface area contributed by atoms with E-state index in [4.69, 9.17) is 10.8 Å². The lowest BCUT2D eigenvalue weighted by atomic mass is 10.1. The van der Waals surface area contributed by atoms with E-state index < -0.39 is 12.0 Å². The van der Waals surface area contributed by atoms with E-state index >= 15 is 0 Å². The Morgan fingerprint density at radius 3 is 2.44 bits per heavy atom. The summed E-state index contributed by atoms with van der Waals surface area (Å²) >= 11 is 0. The molecule has 1 aromatic carbocycles. The van der Waals surface area contributed by atoms with Crippen molar-refractivity contribution in [2.75, 3.05) is 5.73 Å². The number of rotatable bonds is 2. The SMILES string of the molecule is C[C@@H]1CC[C@H](C(=O)O)N1C(=O)c1ccc(N)cc1. The van der Waals surface area contributed by atoms with Crippen molar-refractivity contribution in [3.8, 4) is 0 Å². The number of hydrogen-bond donors (Lipinski definition) is 2. The summed E-state index contributed by atoms with van der Waals surface area (Å²) in [4.78, 5) is 24.9. The van der Waals surface area contributed by atoms with Crippen LogP contribution in [0, 0.1) is 0 Å². The summed E-state index contributed by atoms with van der Waals surface area (Å²) in [6, 6.07) is 5.78. The Kier molecular flexibility index (Phi) is 3.23. The van der Waals surface area contributed by atoms with Crippen LogP contribution >= 0.6 is 0 Å². The van der Waals surface area contributed by atoms with Gasteiger partial charge in [0.25, 0.3) is 5.91 Å². The van der Waals surface area contributed by atoms with Gasteiger partial charge in [0.15, 0.2) is 0 Å². The molecule has 2 rings (SSSR count). The summed E-state index contributed by atoms with van der Waals surface area (Å²) in [7, 11) is 0. The van der Waals surface area contributed by atoms with Crippen molar-refractivity contribution < 1.29 is 14.7 Å². The normalized spacial score (nSPS) is 23.1. The lowest BCUT2D eigenvalue weighted by Gasteiger charge is -2.26. The van der Waals surface area contributed by atoms with Gasteiger partial charge in [0.1, 0.15) is 6.04 Å². The molecule has 0 spiro atoms. The van der Waals surface area contributed by atoms with Gasteiger partial charge in [-0.25, -0.2) is 4.79 Å². The highest BCUT2D eigenvalue weighted by molar-refractivity contribution is 5.97. The number of nitrogens with two attached hydrogens (primary N) is 1. The van der Waals surface area contributed by atoms with E-state index in [0.29, 0.717) is 17.7 Å². The van der Waals surface area contributed by atoms with Crippen LogP contribution in [0.1, 0.15) is 30.1 Å². The number of amides is 1. The molecule has 1 aliphatic rings. The first-order valence-corrected chi connectivity index (χ1v) is 5.91. The number of nitrogens with zero attached hydrogens (tertiary/aromatic N) is 1. The van der Waals surface area contributed by atoms with Crippen molar-refractivity contribution in [2.45, 2.75) is 31.8 Å². The van der Waals surface area contributed by atoms with Crippen LogP contribution in [-0.2, 0) is 4.79 Å². The Morgan fingerprint density at radius 1 is 1.28 bits per heavy atom. The van der Waals surface area contributed by atoms with Gasteiger partial charge in [-0.15, -0.1) is 0 Å². The van der Waals surface area contributed by atoms with Gasteiger partial charge in [-0.05, 0) is 44.0 Å². The molecular weight excluding hydrogens is 232 g/mol. The van der Waals surface area contributed by atoms with Crippen LogP contribution in [-0.4, -0.2) is 34.0 Å². The number of anilines is 1. The molecule has 1 aromatic rings. The zero-order valence-corrected chi connectivity index (χ0v) is 10.2. The zero-order chi connectivity index (χ0) is 13.3. The maximum absolute atomic E-state index is 12.3. The van der Waals surface area contributed by atoms with Crippen molar-refractivity contribution in [1.82, 2.24) is 4.90 Å². The minimum atomic E-state index is -0.942. The zero-order valence-electron chi connectivity index (χ0n) is 10.2. The highest BCUT2D eigenvalue weighted by Gasteiger charge is 2.38. The van der Waals surface area contributed by atoms with Crippen molar-refractivity contribution in [1.29, 1.82) is 0 Å². The maximum Gasteiger partial charge on any atom is 0.326 e. The molecule has 0 unspecified atom stereocenters. The number of carboxylic acid groups (broad SMARTS) is 1. The van der Waals surface area contributed by atoms with Crippen molar-refractivity contribution in [2.24, 2.45) is 0 Å². The van der Waals surface area contributed by atoms with E-state index in [0.717, 1.165) is 6.42 Å². The predicted molar refractivity (Wildman–Crippen MR) is 67.1 cm³/mol. The second kappa shape index (κ2) is 4.68. The topological polar surface area (TPSA) is 83.6 Å². The molecule has 2 atom stereocenters. The smallest absolute Gasteiger partial charge is 0.326 e. The predicted octanol–water partition coefficient (Wildman–Crippen LogP) is 1.35. The highest BCUT2D eigenvalue weighted by Crippen LogP contribution is 2.26. The minimum Gasteiger partial charge on any atom is -0.480 e. The monoisotopic (exact) mass is 248 g/mol. The second-order valence-electron chi connectivity index (χ2n) is 4.61. The van der Waals surface area contributed by atoms with E-state index in [9.17, 15) is 9.59 Å². The fourth-order valence-corrected chi connectivity index (χ4v) is 2.34. The molecule has 96 valence electrons. The molecule has 1 heterocycles. The third-order valence-electron chi connectivity index (χ3n) is 3.35. The number of carbonyl (C=O) groups excluding carboxylic acids is 1. The Hall–Kier alpha value is -2.04. The van der Waals surface area contributed by atoms with Crippen LogP contribution in [0.4, 0.5) is 5.69 Å². The molecule has 5 nitrogen and oxygen atoms in total. The molecule has 1 saturated heterocycles. The van der Waals surface area contributed by atoms with Gasteiger partial charge in [-0.3, -0.25) is 4.79 Å². The standard InChI is InChI=1S/C13H16N2O3/c1-8-2-7-11(13(17)18)15(8)12(16)9-3-5-10(14)6-4-9/h3-6,8,11H,2,7,14H2,1H3,(H,17,18)/t8-,11-/m1/s1. The molecule has 3 N–H and O–H groups in total. The van der Waals surface area contributed by atoms with Crippen LogP contribution in [0.25, 0.3) is 0 Å². The first-order valence-electron chi connectivity index (χ1n) is 5.91. The second-order valence-corrected chi connectivity index (χ2v) is 4.61. The highest BCUT2D eigenvalue weighted by atomic mass is 16.4. The molecule has 0 bridgehead atoms. The van der Waals surface area contributed by atoms with Gasteiger partial charge in [0, 0.05) is 17.3 Å². The van der Waals surface area contributed by atoms with Crippen molar-refractivity contribution in [3.05, 3.63) is 29.8 Å². The average molecular weight is 248 g/mol. The number of benzene rings is 1. The molecule has 0 radical (unpaired) electrons. The fraction of sp³-hybridized carbons (Fsp3) is 0.385. The lowest BCUT2D eigenvalue weighted by molar-refractivity contribution is -0.141. The number of likely N-dealkylation sites (tertiary alicyclic amines) is 1. The molecule has 18 heavy (non-hydrogen) atoms. The fourth-order valence-electron chi connectivity index (χ4n) is 2.34. The number of aliphatic carboxylic acids is 1. The van der Waals surface area contributed by atoms with Crippen LogP contribution in [0.5, 0.6) is 0 Å². The van der Waals surface area contributed by atoms with Crippen LogP contribution in [0.2, 0.25) is 0 Å². The third kappa shape index (κ3) is 2.16. The Bertz CT molecular complexity index is 470. The summed E-state index contributed by atoms with van der Waals surface area (Å²) in [6.07, 6.45) is 1.23. The number of hydrogen-bond acceptors (Lipinski definition) is 3. The molecule has 0 saturated carbocycles. The largest absolute Gasteiger partial charge is 0.480 e. The van der Waals surface area contributed by atoms with Crippen LogP contribution in [0.15, 0.2) is 24.3 Å². The average Bonchev–Trinajstić information content (AvgIpc) is 2.71. The lowest BCUT2D eigenvalue weighted by Crippen LogP contribution is -2.43. The van der Waals surface area contributed by atoms with Gasteiger partial charge in [-0.1, -0.05) is 0 Å². The van der Waals surface area contributed by atoms with Gasteiger partial charge in [-0.2, -0.15) is 0 Å². The minimum absolute atomic E-state index is 0.0452. The Labute approximate surface area is 105 Å². The van der Waals surface area contributed by atoms with E-state index in [1.807, 2.05) is 6.92 Å². The third-order valence-corrected chi connectivity index (χ3v) is 3.35. The van der Waals surface area contributed by atoms with Crippen molar-refractivity contribution in [3.63, 3.8) is 0 Å². The maximum atomic E-state index is 12.3. The Morgan fingerprint density at radius 2 is 1.89 bits per heavy atom. The number of carboxylic acids is 1. The number of nitrogen functional groups attached to an aromatic ring is 1. The van der Waals surface area contributed by atoms with Crippen LogP contribution < -0.4 is 5.73 Å².